The maximum absolute atomic E-state index is 12.9. The molecule has 3 rings (SSSR count). The standard InChI is InChI=1S/C23H33N3O/c1-16(2)15-26-18(4)21(17(3)25-26)14-22(27)24-23(20-12-8-9-13-20)19-10-6-5-7-11-19/h5-7,10-11,16,20,23H,8-9,12-15H2,1-4H3,(H,24,27). The summed E-state index contributed by atoms with van der Waals surface area (Å²) in [6, 6.07) is 10.6. The van der Waals surface area contributed by atoms with E-state index in [4.69, 9.17) is 0 Å². The van der Waals surface area contributed by atoms with Gasteiger partial charge in [-0.05, 0) is 44.1 Å². The Morgan fingerprint density at radius 2 is 1.85 bits per heavy atom. The van der Waals surface area contributed by atoms with Gasteiger partial charge in [0.25, 0.3) is 0 Å². The summed E-state index contributed by atoms with van der Waals surface area (Å²) < 4.78 is 2.05. The van der Waals surface area contributed by atoms with Crippen molar-refractivity contribution in [2.75, 3.05) is 0 Å². The molecule has 0 spiro atoms. The van der Waals surface area contributed by atoms with Gasteiger partial charge in [-0.15, -0.1) is 0 Å². The second-order valence-electron chi connectivity index (χ2n) is 8.40. The van der Waals surface area contributed by atoms with E-state index in [-0.39, 0.29) is 11.9 Å². The van der Waals surface area contributed by atoms with Crippen LogP contribution in [0.25, 0.3) is 0 Å². The van der Waals surface area contributed by atoms with E-state index in [1.165, 1.54) is 31.2 Å². The highest BCUT2D eigenvalue weighted by Crippen LogP contribution is 2.35. The van der Waals surface area contributed by atoms with E-state index in [1.807, 2.05) is 17.7 Å². The number of carbonyl (C=O) groups is 1. The van der Waals surface area contributed by atoms with Crippen molar-refractivity contribution < 1.29 is 4.79 Å². The van der Waals surface area contributed by atoms with Gasteiger partial charge in [-0.2, -0.15) is 5.10 Å². The molecular weight excluding hydrogens is 334 g/mol. The van der Waals surface area contributed by atoms with Gasteiger partial charge >= 0.3 is 0 Å². The zero-order valence-corrected chi connectivity index (χ0v) is 17.2. The molecule has 1 saturated carbocycles. The number of carbonyl (C=O) groups excluding carboxylic acids is 1. The topological polar surface area (TPSA) is 46.9 Å². The molecule has 1 fully saturated rings. The lowest BCUT2D eigenvalue weighted by Gasteiger charge is -2.25. The molecule has 1 N–H and O–H groups in total. The van der Waals surface area contributed by atoms with E-state index in [0.717, 1.165) is 23.5 Å². The highest BCUT2D eigenvalue weighted by Gasteiger charge is 2.28. The van der Waals surface area contributed by atoms with Crippen LogP contribution in [0.4, 0.5) is 0 Å². The molecule has 1 heterocycles. The minimum atomic E-state index is 0.103. The van der Waals surface area contributed by atoms with Crippen molar-refractivity contribution in [3.05, 3.63) is 52.8 Å². The van der Waals surface area contributed by atoms with E-state index in [0.29, 0.717) is 18.3 Å². The van der Waals surface area contributed by atoms with Gasteiger partial charge in [0.15, 0.2) is 0 Å². The number of hydrogen-bond acceptors (Lipinski definition) is 2. The molecule has 1 aromatic carbocycles. The second kappa shape index (κ2) is 8.73. The van der Waals surface area contributed by atoms with Gasteiger partial charge in [-0.25, -0.2) is 0 Å². The van der Waals surface area contributed by atoms with Gasteiger partial charge in [0.1, 0.15) is 0 Å². The van der Waals surface area contributed by atoms with Crippen molar-refractivity contribution in [3.8, 4) is 0 Å². The van der Waals surface area contributed by atoms with Gasteiger partial charge < -0.3 is 5.32 Å². The maximum atomic E-state index is 12.9. The predicted octanol–water partition coefficient (Wildman–Crippen LogP) is 4.75. The van der Waals surface area contributed by atoms with Crippen LogP contribution < -0.4 is 5.32 Å². The molecule has 4 heteroatoms. The third kappa shape index (κ3) is 4.79. The largest absolute Gasteiger partial charge is 0.349 e. The smallest absolute Gasteiger partial charge is 0.225 e. The quantitative estimate of drug-likeness (QED) is 0.768. The number of rotatable bonds is 7. The summed E-state index contributed by atoms with van der Waals surface area (Å²) in [4.78, 5) is 12.9. The van der Waals surface area contributed by atoms with E-state index in [1.54, 1.807) is 0 Å². The first-order chi connectivity index (χ1) is 13.0. The Morgan fingerprint density at radius 1 is 1.19 bits per heavy atom. The van der Waals surface area contributed by atoms with Crippen LogP contribution in [-0.4, -0.2) is 15.7 Å². The molecule has 146 valence electrons. The highest BCUT2D eigenvalue weighted by atomic mass is 16.1. The van der Waals surface area contributed by atoms with E-state index in [9.17, 15) is 4.79 Å². The zero-order valence-electron chi connectivity index (χ0n) is 17.2. The molecule has 0 saturated heterocycles. The lowest BCUT2D eigenvalue weighted by atomic mass is 9.91. The third-order valence-electron chi connectivity index (χ3n) is 5.75. The lowest BCUT2D eigenvalue weighted by molar-refractivity contribution is -0.121. The summed E-state index contributed by atoms with van der Waals surface area (Å²) in [6.07, 6.45) is 5.34. The predicted molar refractivity (Wildman–Crippen MR) is 110 cm³/mol. The van der Waals surface area contributed by atoms with Gasteiger partial charge in [-0.1, -0.05) is 57.0 Å². The monoisotopic (exact) mass is 367 g/mol. The number of aryl methyl sites for hydroxylation is 1. The summed E-state index contributed by atoms with van der Waals surface area (Å²) in [7, 11) is 0. The summed E-state index contributed by atoms with van der Waals surface area (Å²) in [6.45, 7) is 9.36. The maximum Gasteiger partial charge on any atom is 0.225 e. The minimum Gasteiger partial charge on any atom is -0.349 e. The molecule has 0 aliphatic heterocycles. The van der Waals surface area contributed by atoms with Gasteiger partial charge in [0.05, 0.1) is 18.2 Å². The van der Waals surface area contributed by atoms with Crippen LogP contribution in [0.3, 0.4) is 0 Å². The number of amides is 1. The van der Waals surface area contributed by atoms with Crippen molar-refractivity contribution in [1.29, 1.82) is 0 Å². The summed E-state index contributed by atoms with van der Waals surface area (Å²) in [5.41, 5.74) is 4.39. The Balaban J connectivity index is 1.74. The van der Waals surface area contributed by atoms with Crippen LogP contribution in [0.2, 0.25) is 0 Å². The molecule has 1 aromatic heterocycles. The average Bonchev–Trinajstić information content (AvgIpc) is 3.25. The van der Waals surface area contributed by atoms with Crippen LogP contribution >= 0.6 is 0 Å². The van der Waals surface area contributed by atoms with E-state index in [2.05, 4.69) is 55.5 Å². The van der Waals surface area contributed by atoms with Gasteiger partial charge in [0.2, 0.25) is 5.91 Å². The average molecular weight is 368 g/mol. The number of nitrogens with zero attached hydrogens (tertiary/aromatic N) is 2. The molecule has 2 aromatic rings. The van der Waals surface area contributed by atoms with Crippen LogP contribution in [0.15, 0.2) is 30.3 Å². The molecule has 0 bridgehead atoms. The Kier molecular flexibility index (Phi) is 6.35. The minimum absolute atomic E-state index is 0.103. The van der Waals surface area contributed by atoms with Gasteiger partial charge in [-0.3, -0.25) is 9.48 Å². The molecule has 1 amide bonds. The molecule has 1 unspecified atom stereocenters. The van der Waals surface area contributed by atoms with Crippen molar-refractivity contribution >= 4 is 5.91 Å². The SMILES string of the molecule is Cc1nn(CC(C)C)c(C)c1CC(=O)NC(c1ccccc1)C1CCCC1. The fourth-order valence-corrected chi connectivity index (χ4v) is 4.32. The van der Waals surface area contributed by atoms with Crippen molar-refractivity contribution in [3.63, 3.8) is 0 Å². The number of hydrogen-bond donors (Lipinski definition) is 1. The summed E-state index contributed by atoms with van der Waals surface area (Å²) >= 11 is 0. The Labute approximate surface area is 163 Å². The Hall–Kier alpha value is -2.10. The normalized spacial score (nSPS) is 16.0. The van der Waals surface area contributed by atoms with Crippen LogP contribution in [0, 0.1) is 25.7 Å². The molecule has 1 aliphatic rings. The summed E-state index contributed by atoms with van der Waals surface area (Å²) in [5.74, 6) is 1.18. The Morgan fingerprint density at radius 3 is 2.48 bits per heavy atom. The second-order valence-corrected chi connectivity index (χ2v) is 8.40. The fraction of sp³-hybridized carbons (Fsp3) is 0.565. The summed E-state index contributed by atoms with van der Waals surface area (Å²) in [5, 5.41) is 8.01. The molecule has 27 heavy (non-hydrogen) atoms. The van der Waals surface area contributed by atoms with Crippen molar-refractivity contribution in [2.45, 2.75) is 72.4 Å². The first-order valence-corrected chi connectivity index (χ1v) is 10.3. The first kappa shape index (κ1) is 19.7. The molecule has 1 aliphatic carbocycles. The number of nitrogens with one attached hydrogen (secondary N) is 1. The first-order valence-electron chi connectivity index (χ1n) is 10.3. The van der Waals surface area contributed by atoms with Crippen LogP contribution in [-0.2, 0) is 17.8 Å². The fourth-order valence-electron chi connectivity index (χ4n) is 4.32. The molecule has 1 atom stereocenters. The third-order valence-corrected chi connectivity index (χ3v) is 5.75. The highest BCUT2D eigenvalue weighted by molar-refractivity contribution is 5.79. The molecule has 0 radical (unpaired) electrons. The van der Waals surface area contributed by atoms with Crippen molar-refractivity contribution in [2.24, 2.45) is 11.8 Å². The molecule has 4 nitrogen and oxygen atoms in total. The number of benzene rings is 1. The van der Waals surface area contributed by atoms with E-state index >= 15 is 0 Å². The zero-order chi connectivity index (χ0) is 19.4. The van der Waals surface area contributed by atoms with Crippen molar-refractivity contribution in [1.82, 2.24) is 15.1 Å². The number of aromatic nitrogens is 2. The van der Waals surface area contributed by atoms with E-state index < -0.39 is 0 Å². The Bertz CT molecular complexity index is 757. The van der Waals surface area contributed by atoms with Gasteiger partial charge in [0, 0.05) is 17.8 Å². The van der Waals surface area contributed by atoms with Crippen LogP contribution in [0.5, 0.6) is 0 Å². The molecular formula is C23H33N3O. The van der Waals surface area contributed by atoms with Crippen LogP contribution in [0.1, 0.15) is 68.1 Å². The lowest BCUT2D eigenvalue weighted by Crippen LogP contribution is -2.34.